The Labute approximate surface area is 243 Å². The van der Waals surface area contributed by atoms with Gasteiger partial charge in [0, 0.05) is 18.7 Å². The van der Waals surface area contributed by atoms with E-state index in [0.29, 0.717) is 28.2 Å². The first-order valence-corrected chi connectivity index (χ1v) is 13.0. The second-order valence-corrected chi connectivity index (χ2v) is 10.9. The molecule has 0 atom stereocenters. The Kier molecular flexibility index (Phi) is 9.00. The van der Waals surface area contributed by atoms with Gasteiger partial charge in [0.15, 0.2) is 5.75 Å². The summed E-state index contributed by atoms with van der Waals surface area (Å²) in [5.74, 6) is -3.04. The molecule has 9 nitrogen and oxygen atoms in total. The van der Waals surface area contributed by atoms with E-state index >= 15 is 0 Å². The van der Waals surface area contributed by atoms with Crippen LogP contribution in [0.1, 0.15) is 49.9 Å². The fourth-order valence-corrected chi connectivity index (χ4v) is 5.63. The van der Waals surface area contributed by atoms with Gasteiger partial charge >= 0.3 is 29.9 Å². The van der Waals surface area contributed by atoms with Gasteiger partial charge in [-0.3, -0.25) is 19.7 Å². The molecule has 2 aliphatic heterocycles. The van der Waals surface area contributed by atoms with Crippen LogP contribution in [0.25, 0.3) is 0 Å². The van der Waals surface area contributed by atoms with E-state index in [1.165, 1.54) is 40.2 Å². The van der Waals surface area contributed by atoms with Crippen LogP contribution in [0.2, 0.25) is 0 Å². The van der Waals surface area contributed by atoms with Crippen molar-refractivity contribution < 1.29 is 50.3 Å². The van der Waals surface area contributed by atoms with Gasteiger partial charge in [0.2, 0.25) is 0 Å². The Morgan fingerprint density at radius 1 is 0.814 bits per heavy atom. The van der Waals surface area contributed by atoms with Crippen molar-refractivity contribution in [2.75, 3.05) is 27.3 Å². The van der Waals surface area contributed by atoms with Gasteiger partial charge in [0.05, 0.1) is 30.2 Å². The number of nitrogens with zero attached hydrogens (tertiary/aromatic N) is 3. The molecule has 0 fully saturated rings. The van der Waals surface area contributed by atoms with Crippen molar-refractivity contribution in [2.45, 2.75) is 64.0 Å². The topological polar surface area (TPSA) is 102 Å². The van der Waals surface area contributed by atoms with Crippen LogP contribution in [-0.2, 0) is 33.5 Å². The summed E-state index contributed by atoms with van der Waals surface area (Å²) in [6.45, 7) is 5.91. The summed E-state index contributed by atoms with van der Waals surface area (Å²) >= 11 is 0. The number of amides is 2. The van der Waals surface area contributed by atoms with E-state index in [-0.39, 0.29) is 30.9 Å². The first kappa shape index (κ1) is 33.5. The Hall–Kier alpha value is -4.04. The number of halogens is 6. The Bertz CT molecular complexity index is 1420. The number of ether oxygens (including phenoxy) is 2. The molecule has 0 unspecified atom stereocenters. The van der Waals surface area contributed by atoms with Crippen LogP contribution in [0.4, 0.5) is 32.0 Å². The van der Waals surface area contributed by atoms with Gasteiger partial charge in [-0.05, 0) is 75.4 Å². The summed E-state index contributed by atoms with van der Waals surface area (Å²) < 4.78 is 86.3. The van der Waals surface area contributed by atoms with Crippen LogP contribution in [0.15, 0.2) is 30.3 Å². The number of carbonyl (C=O) groups is 2. The smallest absolute Gasteiger partial charge is 0.471 e. The highest BCUT2D eigenvalue weighted by Gasteiger charge is 2.51. The molecule has 2 aliphatic rings. The summed E-state index contributed by atoms with van der Waals surface area (Å²) in [7, 11) is 2.82. The van der Waals surface area contributed by atoms with Gasteiger partial charge in [0.1, 0.15) is 5.75 Å². The minimum atomic E-state index is -4.99. The minimum Gasteiger partial charge on any atom is -0.497 e. The Morgan fingerprint density at radius 2 is 1.30 bits per heavy atom. The standard InChI is InChI=1S/C14H15F3N2O4.C14H16F3NO2/c1-13(2)9-4-5-10(23-3)11(19(21)22)8(9)6-7-18(13)12(20)14(15,16)17;1-13(2)11-5-4-10(20-3)8-9(11)6-7-18(13)12(19)14(15,16)17/h4-5H,6-7H2,1-3H3;4-5,8H,6-7H2,1-3H3. The van der Waals surface area contributed by atoms with Crippen LogP contribution in [0, 0.1) is 10.1 Å². The molecule has 43 heavy (non-hydrogen) atoms. The third-order valence-corrected chi connectivity index (χ3v) is 7.79. The van der Waals surface area contributed by atoms with Crippen molar-refractivity contribution in [2.24, 2.45) is 0 Å². The third kappa shape index (κ3) is 6.34. The first-order chi connectivity index (χ1) is 19.7. The molecule has 2 heterocycles. The number of rotatable bonds is 3. The summed E-state index contributed by atoms with van der Waals surface area (Å²) in [6, 6.07) is 8.04. The van der Waals surface area contributed by atoms with Crippen molar-refractivity contribution in [3.63, 3.8) is 0 Å². The van der Waals surface area contributed by atoms with Crippen molar-refractivity contribution >= 4 is 17.5 Å². The average molecular weight is 620 g/mol. The molecule has 15 heteroatoms. The zero-order valence-corrected chi connectivity index (χ0v) is 24.3. The zero-order valence-electron chi connectivity index (χ0n) is 24.3. The van der Waals surface area contributed by atoms with Crippen LogP contribution in [0.3, 0.4) is 0 Å². The van der Waals surface area contributed by atoms with Gasteiger partial charge in [-0.2, -0.15) is 26.3 Å². The highest BCUT2D eigenvalue weighted by Crippen LogP contribution is 2.44. The van der Waals surface area contributed by atoms with Gasteiger partial charge < -0.3 is 19.3 Å². The van der Waals surface area contributed by atoms with Crippen LogP contribution >= 0.6 is 0 Å². The van der Waals surface area contributed by atoms with Crippen molar-refractivity contribution in [3.05, 3.63) is 62.7 Å². The highest BCUT2D eigenvalue weighted by molar-refractivity contribution is 5.84. The van der Waals surface area contributed by atoms with E-state index in [9.17, 15) is 46.0 Å². The number of methoxy groups -OCH3 is 2. The van der Waals surface area contributed by atoms with Gasteiger partial charge in [-0.15, -0.1) is 0 Å². The van der Waals surface area contributed by atoms with Crippen LogP contribution in [0.5, 0.6) is 11.5 Å². The molecule has 2 aromatic rings. The number of benzene rings is 2. The maximum atomic E-state index is 12.8. The van der Waals surface area contributed by atoms with Gasteiger partial charge in [0.25, 0.3) is 0 Å². The summed E-state index contributed by atoms with van der Waals surface area (Å²) in [6.07, 6.45) is -9.50. The van der Waals surface area contributed by atoms with Crippen LogP contribution in [-0.4, -0.2) is 66.2 Å². The molecule has 0 aromatic heterocycles. The second-order valence-electron chi connectivity index (χ2n) is 10.9. The predicted molar refractivity (Wildman–Crippen MR) is 142 cm³/mol. The van der Waals surface area contributed by atoms with E-state index in [4.69, 9.17) is 9.47 Å². The molecule has 0 spiro atoms. The lowest BCUT2D eigenvalue weighted by Gasteiger charge is -2.44. The Morgan fingerprint density at radius 3 is 1.77 bits per heavy atom. The Balaban J connectivity index is 0.000000238. The second kappa shape index (κ2) is 11.6. The zero-order chi connectivity index (χ0) is 32.7. The number of alkyl halides is 6. The lowest BCUT2D eigenvalue weighted by molar-refractivity contribution is -0.386. The molecule has 0 aliphatic carbocycles. The van der Waals surface area contributed by atoms with Crippen LogP contribution < -0.4 is 9.47 Å². The number of carbonyl (C=O) groups excluding carboxylic acids is 2. The summed E-state index contributed by atoms with van der Waals surface area (Å²) in [5.41, 5.74) is -0.330. The fraction of sp³-hybridized carbons (Fsp3) is 0.500. The van der Waals surface area contributed by atoms with Gasteiger partial charge in [-0.25, -0.2) is 0 Å². The molecule has 236 valence electrons. The van der Waals surface area contributed by atoms with E-state index in [1.807, 2.05) is 6.07 Å². The molecule has 0 N–H and O–H groups in total. The molecular weight excluding hydrogens is 588 g/mol. The predicted octanol–water partition coefficient (Wildman–Crippen LogP) is 5.66. The van der Waals surface area contributed by atoms with E-state index < -0.39 is 40.2 Å². The molecule has 0 saturated heterocycles. The normalized spacial score (nSPS) is 17.1. The molecular formula is C28H31F6N3O6. The molecule has 0 bridgehead atoms. The van der Waals surface area contributed by atoms with E-state index in [1.54, 1.807) is 26.0 Å². The third-order valence-electron chi connectivity index (χ3n) is 7.79. The van der Waals surface area contributed by atoms with Crippen molar-refractivity contribution in [3.8, 4) is 11.5 Å². The number of nitro groups is 1. The molecule has 2 aromatic carbocycles. The fourth-order valence-electron chi connectivity index (χ4n) is 5.63. The van der Waals surface area contributed by atoms with Crippen molar-refractivity contribution in [1.29, 1.82) is 0 Å². The molecule has 0 saturated carbocycles. The monoisotopic (exact) mass is 619 g/mol. The maximum Gasteiger partial charge on any atom is 0.471 e. The molecule has 4 rings (SSSR count). The number of hydrogen-bond donors (Lipinski definition) is 0. The SMILES string of the molecule is COc1ccc2c(c1)CCN(C(=O)C(F)(F)F)C2(C)C.COc1ccc2c(c1[N+](=O)[O-])CCN(C(=O)C(F)(F)F)C2(C)C. The highest BCUT2D eigenvalue weighted by atomic mass is 19.4. The number of hydrogen-bond acceptors (Lipinski definition) is 6. The quantitative estimate of drug-likeness (QED) is 0.250. The number of nitro benzene ring substituents is 1. The number of fused-ring (bicyclic) bond motifs is 2. The molecule has 0 radical (unpaired) electrons. The summed E-state index contributed by atoms with van der Waals surface area (Å²) in [5, 5.41) is 11.3. The van der Waals surface area contributed by atoms with E-state index in [0.717, 1.165) is 16.0 Å². The maximum absolute atomic E-state index is 12.8. The van der Waals surface area contributed by atoms with E-state index in [2.05, 4.69) is 0 Å². The van der Waals surface area contributed by atoms with Gasteiger partial charge in [-0.1, -0.05) is 12.1 Å². The largest absolute Gasteiger partial charge is 0.497 e. The first-order valence-electron chi connectivity index (χ1n) is 13.0. The lowest BCUT2D eigenvalue weighted by atomic mass is 9.82. The lowest BCUT2D eigenvalue weighted by Crippen LogP contribution is -2.54. The minimum absolute atomic E-state index is 0.0418. The summed E-state index contributed by atoms with van der Waals surface area (Å²) in [4.78, 5) is 35.5. The molecule has 2 amide bonds. The van der Waals surface area contributed by atoms with Crippen molar-refractivity contribution in [1.82, 2.24) is 9.80 Å². The average Bonchev–Trinajstić information content (AvgIpc) is 2.90.